The second kappa shape index (κ2) is 6.81. The fourth-order valence-electron chi connectivity index (χ4n) is 1.54. The van der Waals surface area contributed by atoms with Crippen LogP contribution in [0.4, 0.5) is 14.5 Å². The van der Waals surface area contributed by atoms with Crippen molar-refractivity contribution in [3.8, 4) is 0 Å². The zero-order chi connectivity index (χ0) is 14.5. The molecule has 0 spiro atoms. The number of rotatable bonds is 7. The van der Waals surface area contributed by atoms with E-state index in [0.717, 1.165) is 6.42 Å². The van der Waals surface area contributed by atoms with E-state index in [9.17, 15) is 17.2 Å². The largest absolute Gasteiger partial charge is 0.385 e. The molecule has 1 aromatic carbocycles. The first kappa shape index (κ1) is 15.8. The molecule has 1 atom stereocenters. The van der Waals surface area contributed by atoms with Crippen molar-refractivity contribution < 1.29 is 17.2 Å². The lowest BCUT2D eigenvalue weighted by atomic mass is 10.1. The van der Waals surface area contributed by atoms with Crippen LogP contribution >= 0.6 is 0 Å². The van der Waals surface area contributed by atoms with Gasteiger partial charge in [-0.15, -0.1) is 0 Å². The first-order valence-corrected chi connectivity index (χ1v) is 7.48. The van der Waals surface area contributed by atoms with E-state index in [0.29, 0.717) is 24.7 Å². The fourth-order valence-corrected chi connectivity index (χ4v) is 2.27. The number of hydrogen-bond donors (Lipinski definition) is 2. The highest BCUT2D eigenvalue weighted by molar-refractivity contribution is 7.91. The molecule has 0 aliphatic rings. The Hall–Kier alpha value is -1.21. The predicted octanol–water partition coefficient (Wildman–Crippen LogP) is 2.08. The van der Waals surface area contributed by atoms with Gasteiger partial charge in [-0.3, -0.25) is 0 Å². The van der Waals surface area contributed by atoms with Crippen molar-refractivity contribution in [2.24, 2.45) is 11.7 Å². The molecular formula is C12H18F2N2O2S. The van der Waals surface area contributed by atoms with E-state index in [4.69, 9.17) is 5.73 Å². The van der Waals surface area contributed by atoms with E-state index in [1.807, 2.05) is 6.92 Å². The normalized spacial score (nSPS) is 13.5. The van der Waals surface area contributed by atoms with Crippen molar-refractivity contribution >= 4 is 15.5 Å². The third-order valence-electron chi connectivity index (χ3n) is 2.73. The number of nitrogens with two attached hydrogens (primary N) is 1. The second-order valence-corrected chi connectivity index (χ2v) is 6.31. The van der Waals surface area contributed by atoms with E-state index in [-0.39, 0.29) is 4.90 Å². The van der Waals surface area contributed by atoms with Crippen molar-refractivity contribution in [1.82, 2.24) is 0 Å². The van der Waals surface area contributed by atoms with E-state index in [2.05, 4.69) is 5.32 Å². The Morgan fingerprint density at radius 2 is 1.84 bits per heavy atom. The van der Waals surface area contributed by atoms with Gasteiger partial charge in [0.1, 0.15) is 0 Å². The highest BCUT2D eigenvalue weighted by atomic mass is 32.2. The molecule has 0 aliphatic heterocycles. The van der Waals surface area contributed by atoms with Crippen molar-refractivity contribution in [2.75, 3.05) is 18.4 Å². The first-order chi connectivity index (χ1) is 8.87. The molecule has 0 fully saturated rings. The Kier molecular flexibility index (Phi) is 5.68. The summed E-state index contributed by atoms with van der Waals surface area (Å²) in [5.74, 6) is -3.01. The second-order valence-electron chi connectivity index (χ2n) is 4.39. The standard InChI is InChI=1S/C12H18F2N2O2S/c1-9(6-7-15)8-16-10-2-4-11(5-3-10)19(17,18)12(13)14/h2-5,9,12,16H,6-8,15H2,1H3. The highest BCUT2D eigenvalue weighted by Crippen LogP contribution is 2.20. The molecule has 0 radical (unpaired) electrons. The summed E-state index contributed by atoms with van der Waals surface area (Å²) in [5.41, 5.74) is 6.12. The molecule has 1 aromatic rings. The minimum Gasteiger partial charge on any atom is -0.385 e. The molecule has 0 aromatic heterocycles. The van der Waals surface area contributed by atoms with E-state index >= 15 is 0 Å². The lowest BCUT2D eigenvalue weighted by molar-refractivity contribution is 0.234. The van der Waals surface area contributed by atoms with Crippen molar-refractivity contribution in [3.63, 3.8) is 0 Å². The summed E-state index contributed by atoms with van der Waals surface area (Å²) in [6.45, 7) is 3.34. The van der Waals surface area contributed by atoms with Crippen LogP contribution in [0.5, 0.6) is 0 Å². The molecule has 0 bridgehead atoms. The zero-order valence-electron chi connectivity index (χ0n) is 10.6. The van der Waals surface area contributed by atoms with Gasteiger partial charge in [0.15, 0.2) is 0 Å². The van der Waals surface area contributed by atoms with Gasteiger partial charge in [-0.25, -0.2) is 8.42 Å². The molecule has 7 heteroatoms. The number of sulfone groups is 1. The number of hydrogen-bond acceptors (Lipinski definition) is 4. The van der Waals surface area contributed by atoms with Gasteiger partial charge in [0.25, 0.3) is 0 Å². The van der Waals surface area contributed by atoms with Crippen LogP contribution in [0.3, 0.4) is 0 Å². The fraction of sp³-hybridized carbons (Fsp3) is 0.500. The molecule has 1 unspecified atom stereocenters. The van der Waals surface area contributed by atoms with Gasteiger partial charge < -0.3 is 11.1 Å². The van der Waals surface area contributed by atoms with Crippen LogP contribution in [0.1, 0.15) is 13.3 Å². The topological polar surface area (TPSA) is 72.2 Å². The number of alkyl halides is 2. The number of anilines is 1. The summed E-state index contributed by atoms with van der Waals surface area (Å²) in [5, 5.41) is 3.10. The summed E-state index contributed by atoms with van der Waals surface area (Å²) < 4.78 is 47.1. The van der Waals surface area contributed by atoms with Crippen LogP contribution < -0.4 is 11.1 Å². The van der Waals surface area contributed by atoms with E-state index in [1.165, 1.54) is 24.3 Å². The van der Waals surface area contributed by atoms with Gasteiger partial charge in [0.2, 0.25) is 9.84 Å². The molecule has 19 heavy (non-hydrogen) atoms. The maximum Gasteiger partial charge on any atom is 0.341 e. The molecule has 0 amide bonds. The molecule has 0 aliphatic carbocycles. The molecule has 108 valence electrons. The van der Waals surface area contributed by atoms with Crippen LogP contribution in [0, 0.1) is 5.92 Å². The van der Waals surface area contributed by atoms with Gasteiger partial charge in [0.05, 0.1) is 4.90 Å². The van der Waals surface area contributed by atoms with Gasteiger partial charge in [-0.2, -0.15) is 8.78 Å². The summed E-state index contributed by atoms with van der Waals surface area (Å²) in [4.78, 5) is -0.372. The number of halogens is 2. The lowest BCUT2D eigenvalue weighted by Crippen LogP contribution is -2.15. The molecule has 0 saturated carbocycles. The van der Waals surface area contributed by atoms with E-state index in [1.54, 1.807) is 0 Å². The zero-order valence-corrected chi connectivity index (χ0v) is 11.5. The van der Waals surface area contributed by atoms with Crippen LogP contribution in [0.2, 0.25) is 0 Å². The summed E-state index contributed by atoms with van der Waals surface area (Å²) in [7, 11) is -4.51. The van der Waals surface area contributed by atoms with Crippen molar-refractivity contribution in [2.45, 2.75) is 24.0 Å². The van der Waals surface area contributed by atoms with Crippen LogP contribution in [0.15, 0.2) is 29.2 Å². The Bertz CT molecular complexity index is 489. The number of benzene rings is 1. The minimum absolute atomic E-state index is 0.372. The average molecular weight is 292 g/mol. The van der Waals surface area contributed by atoms with Gasteiger partial charge in [-0.1, -0.05) is 6.92 Å². The Labute approximate surface area is 111 Å². The Morgan fingerprint density at radius 3 is 2.32 bits per heavy atom. The van der Waals surface area contributed by atoms with Gasteiger partial charge in [0, 0.05) is 12.2 Å². The lowest BCUT2D eigenvalue weighted by Gasteiger charge is -2.12. The molecule has 0 heterocycles. The van der Waals surface area contributed by atoms with E-state index < -0.39 is 15.6 Å². The molecule has 4 nitrogen and oxygen atoms in total. The van der Waals surface area contributed by atoms with Crippen LogP contribution in [0.25, 0.3) is 0 Å². The third kappa shape index (κ3) is 4.43. The maximum atomic E-state index is 12.3. The predicted molar refractivity (Wildman–Crippen MR) is 71.0 cm³/mol. The molecule has 3 N–H and O–H groups in total. The van der Waals surface area contributed by atoms with Crippen LogP contribution in [-0.4, -0.2) is 27.3 Å². The molecular weight excluding hydrogens is 274 g/mol. The summed E-state index contributed by atoms with van der Waals surface area (Å²) in [6.07, 6.45) is 0.880. The van der Waals surface area contributed by atoms with Gasteiger partial charge >= 0.3 is 5.76 Å². The quantitative estimate of drug-likeness (QED) is 0.807. The summed E-state index contributed by atoms with van der Waals surface area (Å²) >= 11 is 0. The average Bonchev–Trinajstić information content (AvgIpc) is 2.37. The minimum atomic E-state index is -4.51. The smallest absolute Gasteiger partial charge is 0.341 e. The van der Waals surface area contributed by atoms with Gasteiger partial charge in [-0.05, 0) is 43.1 Å². The Morgan fingerprint density at radius 1 is 1.26 bits per heavy atom. The highest BCUT2D eigenvalue weighted by Gasteiger charge is 2.26. The third-order valence-corrected chi connectivity index (χ3v) is 4.13. The Balaban J connectivity index is 2.67. The first-order valence-electron chi connectivity index (χ1n) is 5.94. The van der Waals surface area contributed by atoms with Crippen LogP contribution in [-0.2, 0) is 9.84 Å². The SMILES string of the molecule is CC(CCN)CNc1ccc(S(=O)(=O)C(F)F)cc1. The monoisotopic (exact) mass is 292 g/mol. The number of nitrogens with one attached hydrogen (secondary N) is 1. The molecule has 0 saturated heterocycles. The van der Waals surface area contributed by atoms with Crippen molar-refractivity contribution in [1.29, 1.82) is 0 Å². The summed E-state index contributed by atoms with van der Waals surface area (Å²) in [6, 6.07) is 5.31. The molecule has 1 rings (SSSR count). The maximum absolute atomic E-state index is 12.3. The van der Waals surface area contributed by atoms with Crippen molar-refractivity contribution in [3.05, 3.63) is 24.3 Å².